The van der Waals surface area contributed by atoms with Gasteiger partial charge in [-0.05, 0) is 13.3 Å². The van der Waals surface area contributed by atoms with Gasteiger partial charge in [0.1, 0.15) is 5.15 Å². The van der Waals surface area contributed by atoms with Gasteiger partial charge in [-0.2, -0.15) is 0 Å². The second-order valence-electron chi connectivity index (χ2n) is 2.53. The molecule has 2 N–H and O–H groups in total. The van der Waals surface area contributed by atoms with E-state index in [4.69, 9.17) is 16.7 Å². The van der Waals surface area contributed by atoms with E-state index in [2.05, 4.69) is 10.3 Å². The average molecular weight is 207 g/mol. The van der Waals surface area contributed by atoms with Gasteiger partial charge in [0, 0.05) is 18.0 Å². The zero-order valence-corrected chi connectivity index (χ0v) is 8.32. The minimum atomic E-state index is 0.188. The van der Waals surface area contributed by atoms with Crippen LogP contribution in [0.2, 0.25) is 5.15 Å². The Kier molecular flexibility index (Phi) is 3.78. The summed E-state index contributed by atoms with van der Waals surface area (Å²) < 4.78 is 0. The van der Waals surface area contributed by atoms with Crippen LogP contribution in [0, 0.1) is 0 Å². The van der Waals surface area contributed by atoms with Crippen LogP contribution in [0.25, 0.3) is 0 Å². The number of halogens is 1. The lowest BCUT2D eigenvalue weighted by molar-refractivity contribution is 0.282. The van der Waals surface area contributed by atoms with E-state index in [1.54, 1.807) is 5.38 Å². The Bertz CT molecular complexity index is 241. The minimum absolute atomic E-state index is 0.188. The van der Waals surface area contributed by atoms with Crippen molar-refractivity contribution in [3.05, 3.63) is 10.5 Å². The first-order chi connectivity index (χ1) is 5.72. The molecule has 0 fully saturated rings. The number of nitrogens with zero attached hydrogens (tertiary/aromatic N) is 1. The molecule has 0 aromatic carbocycles. The molecule has 0 aliphatic rings. The molecule has 0 amide bonds. The fourth-order valence-corrected chi connectivity index (χ4v) is 1.75. The van der Waals surface area contributed by atoms with Crippen LogP contribution in [0.1, 0.15) is 13.3 Å². The van der Waals surface area contributed by atoms with Gasteiger partial charge in [0.25, 0.3) is 0 Å². The van der Waals surface area contributed by atoms with Gasteiger partial charge < -0.3 is 10.4 Å². The zero-order chi connectivity index (χ0) is 8.97. The molecular formula is C7H11ClN2OS. The lowest BCUT2D eigenvalue weighted by Crippen LogP contribution is -2.16. The summed E-state index contributed by atoms with van der Waals surface area (Å²) in [4.78, 5) is 4.02. The average Bonchev–Trinajstić information content (AvgIpc) is 2.36. The molecule has 1 atom stereocenters. The van der Waals surface area contributed by atoms with Gasteiger partial charge in [-0.1, -0.05) is 11.6 Å². The van der Waals surface area contributed by atoms with Crippen LogP contribution < -0.4 is 5.32 Å². The summed E-state index contributed by atoms with van der Waals surface area (Å²) in [6, 6.07) is 0.234. The summed E-state index contributed by atoms with van der Waals surface area (Å²) in [6.45, 7) is 2.18. The predicted octanol–water partition coefficient (Wildman–Crippen LogP) is 1.98. The minimum Gasteiger partial charge on any atom is -0.396 e. The Balaban J connectivity index is 2.41. The normalized spacial score (nSPS) is 12.9. The van der Waals surface area contributed by atoms with Crippen molar-refractivity contribution in [1.29, 1.82) is 0 Å². The van der Waals surface area contributed by atoms with Crippen LogP contribution in [0.15, 0.2) is 5.38 Å². The van der Waals surface area contributed by atoms with Crippen LogP contribution in [0.4, 0.5) is 5.13 Å². The molecule has 0 bridgehead atoms. The molecule has 5 heteroatoms. The number of nitrogens with one attached hydrogen (secondary N) is 1. The monoisotopic (exact) mass is 206 g/mol. The van der Waals surface area contributed by atoms with E-state index < -0.39 is 0 Å². The number of rotatable bonds is 4. The standard InChI is InChI=1S/C7H11ClN2OS/c1-5(2-3-11)9-7-10-6(8)4-12-7/h4-5,11H,2-3H2,1H3,(H,9,10). The molecule has 0 spiro atoms. The van der Waals surface area contributed by atoms with Crippen molar-refractivity contribution in [3.8, 4) is 0 Å². The van der Waals surface area contributed by atoms with E-state index in [-0.39, 0.29) is 12.6 Å². The molecule has 3 nitrogen and oxygen atoms in total. The van der Waals surface area contributed by atoms with Gasteiger partial charge in [-0.3, -0.25) is 0 Å². The van der Waals surface area contributed by atoms with Crippen molar-refractivity contribution in [2.45, 2.75) is 19.4 Å². The lowest BCUT2D eigenvalue weighted by atomic mass is 10.2. The third-order valence-corrected chi connectivity index (χ3v) is 2.50. The van der Waals surface area contributed by atoms with Crippen LogP contribution in [0.5, 0.6) is 0 Å². The largest absolute Gasteiger partial charge is 0.396 e. The SMILES string of the molecule is CC(CCO)Nc1nc(Cl)cs1. The van der Waals surface area contributed by atoms with Crippen molar-refractivity contribution >= 4 is 28.1 Å². The van der Waals surface area contributed by atoms with Gasteiger partial charge in [-0.15, -0.1) is 11.3 Å². The maximum Gasteiger partial charge on any atom is 0.184 e. The molecule has 0 saturated heterocycles. The summed E-state index contributed by atoms with van der Waals surface area (Å²) in [7, 11) is 0. The summed E-state index contributed by atoms with van der Waals surface area (Å²) in [5.41, 5.74) is 0. The molecule has 0 radical (unpaired) electrons. The van der Waals surface area contributed by atoms with Gasteiger partial charge in [0.2, 0.25) is 0 Å². The number of thiazole rings is 1. The molecule has 1 aromatic heterocycles. The second-order valence-corrected chi connectivity index (χ2v) is 3.78. The molecule has 0 saturated carbocycles. The first-order valence-electron chi connectivity index (χ1n) is 3.71. The molecule has 68 valence electrons. The summed E-state index contributed by atoms with van der Waals surface area (Å²) in [6.07, 6.45) is 0.719. The lowest BCUT2D eigenvalue weighted by Gasteiger charge is -2.09. The summed E-state index contributed by atoms with van der Waals surface area (Å²) in [5, 5.41) is 14.9. The number of anilines is 1. The molecular weight excluding hydrogens is 196 g/mol. The van der Waals surface area contributed by atoms with Crippen molar-refractivity contribution in [2.75, 3.05) is 11.9 Å². The van der Waals surface area contributed by atoms with Crippen LogP contribution in [0.3, 0.4) is 0 Å². The van der Waals surface area contributed by atoms with Crippen molar-refractivity contribution in [1.82, 2.24) is 4.98 Å². The van der Waals surface area contributed by atoms with Gasteiger partial charge >= 0.3 is 0 Å². The molecule has 1 heterocycles. The molecule has 1 unspecified atom stereocenters. The Labute approximate surface area is 80.4 Å². The van der Waals surface area contributed by atoms with E-state index in [0.29, 0.717) is 5.15 Å². The maximum atomic E-state index is 8.64. The van der Waals surface area contributed by atoms with Crippen molar-refractivity contribution in [2.24, 2.45) is 0 Å². The van der Waals surface area contributed by atoms with Gasteiger partial charge in [0.15, 0.2) is 5.13 Å². The van der Waals surface area contributed by atoms with E-state index in [0.717, 1.165) is 11.6 Å². The molecule has 12 heavy (non-hydrogen) atoms. The number of aromatic nitrogens is 1. The number of hydrogen-bond donors (Lipinski definition) is 2. The summed E-state index contributed by atoms with van der Waals surface area (Å²) >= 11 is 7.10. The zero-order valence-electron chi connectivity index (χ0n) is 6.75. The molecule has 0 aliphatic heterocycles. The maximum absolute atomic E-state index is 8.64. The van der Waals surface area contributed by atoms with E-state index >= 15 is 0 Å². The Hall–Kier alpha value is -0.320. The highest BCUT2D eigenvalue weighted by Gasteiger charge is 2.03. The first kappa shape index (κ1) is 9.77. The van der Waals surface area contributed by atoms with E-state index in [9.17, 15) is 0 Å². The fraction of sp³-hybridized carbons (Fsp3) is 0.571. The molecule has 0 aliphatic carbocycles. The Morgan fingerprint density at radius 3 is 3.08 bits per heavy atom. The van der Waals surface area contributed by atoms with Crippen LogP contribution in [-0.2, 0) is 0 Å². The molecule has 1 aromatic rings. The molecule has 1 rings (SSSR count). The summed E-state index contributed by atoms with van der Waals surface area (Å²) in [5.74, 6) is 0. The van der Waals surface area contributed by atoms with Crippen molar-refractivity contribution < 1.29 is 5.11 Å². The highest BCUT2D eigenvalue weighted by atomic mass is 35.5. The fourth-order valence-electron chi connectivity index (χ4n) is 0.797. The quantitative estimate of drug-likeness (QED) is 0.792. The predicted molar refractivity (Wildman–Crippen MR) is 51.9 cm³/mol. The van der Waals surface area contributed by atoms with Crippen molar-refractivity contribution in [3.63, 3.8) is 0 Å². The number of aliphatic hydroxyl groups excluding tert-OH is 1. The number of aliphatic hydroxyl groups is 1. The third kappa shape index (κ3) is 2.97. The van der Waals surface area contributed by atoms with Crippen LogP contribution >= 0.6 is 22.9 Å². The Morgan fingerprint density at radius 1 is 1.83 bits per heavy atom. The van der Waals surface area contributed by atoms with E-state index in [1.807, 2.05) is 6.92 Å². The smallest absolute Gasteiger partial charge is 0.184 e. The first-order valence-corrected chi connectivity index (χ1v) is 4.96. The van der Waals surface area contributed by atoms with Crippen LogP contribution in [-0.4, -0.2) is 22.7 Å². The topological polar surface area (TPSA) is 45.1 Å². The second kappa shape index (κ2) is 4.64. The Morgan fingerprint density at radius 2 is 2.58 bits per heavy atom. The third-order valence-electron chi connectivity index (χ3n) is 1.41. The van der Waals surface area contributed by atoms with Gasteiger partial charge in [0.05, 0.1) is 0 Å². The highest BCUT2D eigenvalue weighted by molar-refractivity contribution is 7.14. The van der Waals surface area contributed by atoms with Gasteiger partial charge in [-0.25, -0.2) is 4.98 Å². The number of hydrogen-bond acceptors (Lipinski definition) is 4. The van der Waals surface area contributed by atoms with E-state index in [1.165, 1.54) is 11.3 Å². The highest BCUT2D eigenvalue weighted by Crippen LogP contribution is 2.19.